The van der Waals surface area contributed by atoms with Crippen LogP contribution in [0.3, 0.4) is 0 Å². The van der Waals surface area contributed by atoms with Crippen molar-refractivity contribution in [3.63, 3.8) is 0 Å². The van der Waals surface area contributed by atoms with Crippen LogP contribution in [0.5, 0.6) is 0 Å². The molecule has 2 aliphatic rings. The topological polar surface area (TPSA) is 29.3 Å². The van der Waals surface area contributed by atoms with E-state index in [0.29, 0.717) is 23.9 Å². The van der Waals surface area contributed by atoms with Crippen molar-refractivity contribution in [1.29, 1.82) is 0 Å². The van der Waals surface area contributed by atoms with Gasteiger partial charge >= 0.3 is 0 Å². The van der Waals surface area contributed by atoms with Crippen LogP contribution in [-0.4, -0.2) is 29.2 Å². The molecule has 0 radical (unpaired) electrons. The van der Waals surface area contributed by atoms with Gasteiger partial charge in [-0.1, -0.05) is 28.9 Å². The van der Waals surface area contributed by atoms with Gasteiger partial charge in [-0.05, 0) is 56.8 Å². The lowest BCUT2D eigenvalue weighted by atomic mass is 9.75. The predicted molar refractivity (Wildman–Crippen MR) is 87.4 cm³/mol. The Labute approximate surface area is 136 Å². The Kier molecular flexibility index (Phi) is 3.50. The molecule has 0 aliphatic carbocycles. The highest BCUT2D eigenvalue weighted by molar-refractivity contribution is 6.30. The summed E-state index contributed by atoms with van der Waals surface area (Å²) < 4.78 is 5.68. The molecule has 1 aromatic carbocycles. The maximum absolute atomic E-state index is 6.06. The monoisotopic (exact) mass is 316 g/mol. The number of fused-ring (bicyclic) bond motifs is 2. The maximum Gasteiger partial charge on any atom is 0.142 e. The fourth-order valence-corrected chi connectivity index (χ4v) is 4.57. The molecule has 3 nitrogen and oxygen atoms in total. The number of likely N-dealkylation sites (N-methyl/N-ethyl adjacent to an activating group) is 1. The Balaban J connectivity index is 1.76. The fraction of sp³-hybridized carbons (Fsp3) is 0.500. The van der Waals surface area contributed by atoms with Gasteiger partial charge in [0.2, 0.25) is 0 Å². The van der Waals surface area contributed by atoms with Gasteiger partial charge in [0.1, 0.15) is 5.76 Å². The maximum atomic E-state index is 6.06. The molecule has 22 heavy (non-hydrogen) atoms. The highest BCUT2D eigenvalue weighted by Gasteiger charge is 2.47. The minimum atomic E-state index is 0.381. The molecule has 1 unspecified atom stereocenters. The summed E-state index contributed by atoms with van der Waals surface area (Å²) in [5, 5.41) is 4.92. The molecule has 0 amide bonds. The third kappa shape index (κ3) is 2.27. The summed E-state index contributed by atoms with van der Waals surface area (Å²) in [6.45, 7) is 1.99. The van der Waals surface area contributed by atoms with Crippen molar-refractivity contribution < 1.29 is 4.52 Å². The number of piperidine rings is 1. The summed E-state index contributed by atoms with van der Waals surface area (Å²) in [6.07, 6.45) is 3.71. The van der Waals surface area contributed by atoms with E-state index in [1.165, 1.54) is 24.8 Å². The fourth-order valence-electron chi connectivity index (χ4n) is 4.45. The SMILES string of the molecule is Cc1cc([C@@H]2C3CC[C@H](C[C@@H]2c2ccc(Cl)cc2)N3C)on1. The van der Waals surface area contributed by atoms with E-state index in [2.05, 4.69) is 35.3 Å². The van der Waals surface area contributed by atoms with Crippen LogP contribution in [0.15, 0.2) is 34.9 Å². The summed E-state index contributed by atoms with van der Waals surface area (Å²) in [4.78, 5) is 2.55. The van der Waals surface area contributed by atoms with Crippen molar-refractivity contribution in [2.75, 3.05) is 7.05 Å². The first-order valence-corrected chi connectivity index (χ1v) is 8.42. The van der Waals surface area contributed by atoms with Crippen LogP contribution in [0.1, 0.15) is 48.1 Å². The van der Waals surface area contributed by atoms with Crippen molar-refractivity contribution in [2.24, 2.45) is 0 Å². The van der Waals surface area contributed by atoms with Gasteiger partial charge < -0.3 is 4.52 Å². The first-order chi connectivity index (χ1) is 10.6. The van der Waals surface area contributed by atoms with Gasteiger partial charge in [-0.3, -0.25) is 4.90 Å². The van der Waals surface area contributed by atoms with Crippen molar-refractivity contribution in [2.45, 2.75) is 50.1 Å². The van der Waals surface area contributed by atoms with Crippen molar-refractivity contribution in [3.8, 4) is 0 Å². The zero-order valence-electron chi connectivity index (χ0n) is 13.0. The van der Waals surface area contributed by atoms with Crippen LogP contribution in [0.2, 0.25) is 5.02 Å². The molecule has 2 aliphatic heterocycles. The first-order valence-electron chi connectivity index (χ1n) is 8.04. The molecule has 0 saturated carbocycles. The van der Waals surface area contributed by atoms with E-state index < -0.39 is 0 Å². The first kappa shape index (κ1) is 14.3. The molecule has 4 atom stereocenters. The van der Waals surface area contributed by atoms with Gasteiger partial charge in [-0.2, -0.15) is 0 Å². The molecule has 2 aromatic rings. The van der Waals surface area contributed by atoms with Crippen LogP contribution < -0.4 is 0 Å². The number of aryl methyl sites for hydroxylation is 1. The zero-order chi connectivity index (χ0) is 15.3. The van der Waals surface area contributed by atoms with Gasteiger partial charge in [-0.25, -0.2) is 0 Å². The van der Waals surface area contributed by atoms with E-state index in [-0.39, 0.29) is 0 Å². The van der Waals surface area contributed by atoms with Gasteiger partial charge in [-0.15, -0.1) is 0 Å². The molecule has 2 saturated heterocycles. The lowest BCUT2D eigenvalue weighted by Gasteiger charge is -2.42. The average molecular weight is 317 g/mol. The Morgan fingerprint density at radius 1 is 1.23 bits per heavy atom. The second-order valence-corrected chi connectivity index (χ2v) is 7.19. The summed E-state index contributed by atoms with van der Waals surface area (Å²) in [7, 11) is 2.26. The standard InChI is InChI=1S/C18H21ClN2O/c1-11-9-17(22-20-11)18-15(12-3-5-13(19)6-4-12)10-14-7-8-16(18)21(14)2/h3-6,9,14-16,18H,7-8,10H2,1-2H3/t14-,15-,16?,18+/m1/s1. The van der Waals surface area contributed by atoms with E-state index in [1.54, 1.807) is 0 Å². The van der Waals surface area contributed by atoms with Crippen molar-refractivity contribution >= 4 is 11.6 Å². The molecule has 2 fully saturated rings. The number of hydrogen-bond donors (Lipinski definition) is 0. The van der Waals surface area contributed by atoms with Crippen LogP contribution in [-0.2, 0) is 0 Å². The third-order valence-electron chi connectivity index (χ3n) is 5.54. The lowest BCUT2D eigenvalue weighted by molar-refractivity contribution is 0.122. The highest BCUT2D eigenvalue weighted by atomic mass is 35.5. The number of halogens is 1. The second-order valence-electron chi connectivity index (χ2n) is 6.75. The number of benzene rings is 1. The quantitative estimate of drug-likeness (QED) is 0.824. The molecule has 4 rings (SSSR count). The lowest BCUT2D eigenvalue weighted by Crippen LogP contribution is -2.44. The summed E-state index contributed by atoms with van der Waals surface area (Å²) >= 11 is 6.06. The van der Waals surface area contributed by atoms with E-state index in [0.717, 1.165) is 16.5 Å². The Hall–Kier alpha value is -1.32. The average Bonchev–Trinajstić information content (AvgIpc) is 3.02. The van der Waals surface area contributed by atoms with Crippen molar-refractivity contribution in [1.82, 2.24) is 10.1 Å². The van der Waals surface area contributed by atoms with E-state index >= 15 is 0 Å². The highest BCUT2D eigenvalue weighted by Crippen LogP contribution is 2.50. The number of nitrogens with zero attached hydrogens (tertiary/aromatic N) is 2. The number of rotatable bonds is 2. The Morgan fingerprint density at radius 2 is 2.00 bits per heavy atom. The van der Waals surface area contributed by atoms with E-state index in [4.69, 9.17) is 16.1 Å². The molecule has 1 aromatic heterocycles. The third-order valence-corrected chi connectivity index (χ3v) is 5.79. The zero-order valence-corrected chi connectivity index (χ0v) is 13.8. The van der Waals surface area contributed by atoms with Gasteiger partial charge in [0, 0.05) is 29.1 Å². The predicted octanol–water partition coefficient (Wildman–Crippen LogP) is 4.37. The Bertz CT molecular complexity index is 666. The largest absolute Gasteiger partial charge is 0.361 e. The molecule has 116 valence electrons. The smallest absolute Gasteiger partial charge is 0.142 e. The molecule has 2 bridgehead atoms. The number of aromatic nitrogens is 1. The minimum Gasteiger partial charge on any atom is -0.361 e. The van der Waals surface area contributed by atoms with E-state index in [1.807, 2.05) is 19.1 Å². The number of hydrogen-bond acceptors (Lipinski definition) is 3. The summed E-state index contributed by atoms with van der Waals surface area (Å²) in [5.41, 5.74) is 2.33. The summed E-state index contributed by atoms with van der Waals surface area (Å²) in [5.74, 6) is 1.90. The Morgan fingerprint density at radius 3 is 2.68 bits per heavy atom. The van der Waals surface area contributed by atoms with Gasteiger partial charge in [0.25, 0.3) is 0 Å². The van der Waals surface area contributed by atoms with E-state index in [9.17, 15) is 0 Å². The van der Waals surface area contributed by atoms with Crippen LogP contribution >= 0.6 is 11.6 Å². The van der Waals surface area contributed by atoms with Crippen molar-refractivity contribution in [3.05, 3.63) is 52.4 Å². The molecule has 0 spiro atoms. The molecule has 0 N–H and O–H groups in total. The van der Waals surface area contributed by atoms with Gasteiger partial charge in [0.05, 0.1) is 5.69 Å². The van der Waals surface area contributed by atoms with Gasteiger partial charge in [0.15, 0.2) is 0 Å². The van der Waals surface area contributed by atoms with Crippen LogP contribution in [0.25, 0.3) is 0 Å². The second kappa shape index (κ2) is 5.39. The molecular formula is C18H21ClN2O. The van der Waals surface area contributed by atoms with Crippen LogP contribution in [0.4, 0.5) is 0 Å². The summed E-state index contributed by atoms with van der Waals surface area (Å²) in [6, 6.07) is 11.7. The van der Waals surface area contributed by atoms with Crippen LogP contribution in [0, 0.1) is 6.92 Å². The normalized spacial score (nSPS) is 31.6. The molecule has 4 heteroatoms. The minimum absolute atomic E-state index is 0.381. The molecular weight excluding hydrogens is 296 g/mol. The molecule has 3 heterocycles.